The van der Waals surface area contributed by atoms with Crippen molar-refractivity contribution in [1.82, 2.24) is 9.80 Å². The molecule has 2 aliphatic rings. The number of rotatable bonds is 8. The van der Waals surface area contributed by atoms with Crippen LogP contribution >= 0.6 is 0 Å². The maximum Gasteiger partial charge on any atom is 0.407 e. The van der Waals surface area contributed by atoms with E-state index in [9.17, 15) is 19.8 Å². The number of aliphatic hydroxyl groups is 1. The fraction of sp³-hybridized carbons (Fsp3) is 0.533. The van der Waals surface area contributed by atoms with E-state index >= 15 is 0 Å². The zero-order valence-electron chi connectivity index (χ0n) is 22.9. The predicted molar refractivity (Wildman–Crippen MR) is 151 cm³/mol. The van der Waals surface area contributed by atoms with Crippen molar-refractivity contribution in [1.29, 1.82) is 0 Å². The normalized spacial score (nSPS) is 22.2. The second-order valence-electron chi connectivity index (χ2n) is 10.9. The van der Waals surface area contributed by atoms with Gasteiger partial charge >= 0.3 is 6.09 Å². The van der Waals surface area contributed by atoms with Crippen molar-refractivity contribution in [3.05, 3.63) is 59.2 Å². The molecule has 206 valence electrons. The first-order valence-electron chi connectivity index (χ1n) is 13.8. The van der Waals surface area contributed by atoms with Gasteiger partial charge in [0.15, 0.2) is 0 Å². The topological polar surface area (TPSA) is 96.4 Å². The van der Waals surface area contributed by atoms with Crippen LogP contribution in [0.3, 0.4) is 0 Å². The highest BCUT2D eigenvalue weighted by molar-refractivity contribution is 5.94. The smallest absolute Gasteiger partial charge is 0.407 e. The number of hydrogen-bond donors (Lipinski definition) is 3. The second kappa shape index (κ2) is 12.6. The SMILES string of the molecule is Cc1cc(N(C)C(=O)C2CCC(Nc3cccc(CCO)c3)CC2)ccc1CN1CCN(C(=O)O)[C@@H](C)C1. The fourth-order valence-electron chi connectivity index (χ4n) is 5.84. The van der Waals surface area contributed by atoms with E-state index < -0.39 is 6.09 Å². The molecule has 8 heteroatoms. The summed E-state index contributed by atoms with van der Waals surface area (Å²) < 4.78 is 0. The van der Waals surface area contributed by atoms with E-state index in [1.807, 2.05) is 32.2 Å². The molecule has 8 nitrogen and oxygen atoms in total. The maximum absolute atomic E-state index is 13.3. The van der Waals surface area contributed by atoms with E-state index in [-0.39, 0.29) is 24.5 Å². The van der Waals surface area contributed by atoms with Gasteiger partial charge in [-0.2, -0.15) is 0 Å². The maximum atomic E-state index is 13.3. The molecule has 1 aliphatic heterocycles. The Balaban J connectivity index is 1.29. The summed E-state index contributed by atoms with van der Waals surface area (Å²) in [5.41, 5.74) is 5.48. The first-order chi connectivity index (χ1) is 18.2. The van der Waals surface area contributed by atoms with Crippen molar-refractivity contribution in [3.8, 4) is 0 Å². The van der Waals surface area contributed by atoms with Gasteiger partial charge in [0.25, 0.3) is 0 Å². The molecule has 2 aromatic carbocycles. The quantitative estimate of drug-likeness (QED) is 0.477. The third-order valence-electron chi connectivity index (χ3n) is 8.17. The van der Waals surface area contributed by atoms with Gasteiger partial charge in [0.1, 0.15) is 0 Å². The van der Waals surface area contributed by atoms with Crippen molar-refractivity contribution in [2.75, 3.05) is 43.5 Å². The van der Waals surface area contributed by atoms with E-state index in [1.54, 1.807) is 4.90 Å². The number of anilines is 2. The van der Waals surface area contributed by atoms with Gasteiger partial charge in [0, 0.05) is 69.2 Å². The zero-order valence-corrected chi connectivity index (χ0v) is 22.9. The van der Waals surface area contributed by atoms with E-state index in [0.717, 1.165) is 67.8 Å². The van der Waals surface area contributed by atoms with Gasteiger partial charge < -0.3 is 25.3 Å². The molecular weight excluding hydrogens is 480 g/mol. The van der Waals surface area contributed by atoms with Crippen LogP contribution < -0.4 is 10.2 Å². The first-order valence-corrected chi connectivity index (χ1v) is 13.8. The lowest BCUT2D eigenvalue weighted by Gasteiger charge is -2.38. The number of nitrogens with one attached hydrogen (secondary N) is 1. The molecule has 4 rings (SSSR count). The minimum absolute atomic E-state index is 0.0219. The summed E-state index contributed by atoms with van der Waals surface area (Å²) in [5.74, 6) is 0.213. The summed E-state index contributed by atoms with van der Waals surface area (Å²) in [6.45, 7) is 6.94. The van der Waals surface area contributed by atoms with Crippen LogP contribution in [0, 0.1) is 12.8 Å². The van der Waals surface area contributed by atoms with Gasteiger partial charge in [-0.05, 0) is 86.9 Å². The van der Waals surface area contributed by atoms with Crippen LogP contribution in [0.15, 0.2) is 42.5 Å². The Morgan fingerprint density at radius 3 is 2.50 bits per heavy atom. The highest BCUT2D eigenvalue weighted by Crippen LogP contribution is 2.30. The molecule has 0 spiro atoms. The highest BCUT2D eigenvalue weighted by atomic mass is 16.4. The molecule has 1 atom stereocenters. The molecule has 0 radical (unpaired) electrons. The lowest BCUT2D eigenvalue weighted by molar-refractivity contribution is -0.123. The van der Waals surface area contributed by atoms with Crippen LogP contribution in [0.1, 0.15) is 49.3 Å². The number of aliphatic hydroxyl groups excluding tert-OH is 1. The predicted octanol–water partition coefficient (Wildman–Crippen LogP) is 4.35. The Bertz CT molecular complexity index is 1120. The molecular formula is C30H42N4O4. The van der Waals surface area contributed by atoms with Crippen molar-refractivity contribution in [2.45, 2.75) is 64.6 Å². The van der Waals surface area contributed by atoms with Gasteiger partial charge in [0.05, 0.1) is 0 Å². The van der Waals surface area contributed by atoms with Crippen molar-refractivity contribution >= 4 is 23.4 Å². The molecule has 2 amide bonds. The van der Waals surface area contributed by atoms with Crippen LogP contribution in [-0.2, 0) is 17.8 Å². The van der Waals surface area contributed by atoms with Gasteiger partial charge in [-0.15, -0.1) is 0 Å². The molecule has 1 saturated carbocycles. The van der Waals surface area contributed by atoms with E-state index in [0.29, 0.717) is 19.0 Å². The lowest BCUT2D eigenvalue weighted by atomic mass is 9.85. The number of amides is 2. The second-order valence-corrected chi connectivity index (χ2v) is 10.9. The van der Waals surface area contributed by atoms with Crippen LogP contribution in [0.25, 0.3) is 0 Å². The molecule has 2 aromatic rings. The van der Waals surface area contributed by atoms with Gasteiger partial charge in [-0.25, -0.2) is 4.79 Å². The number of carboxylic acid groups (broad SMARTS) is 1. The molecule has 0 aromatic heterocycles. The average molecular weight is 523 g/mol. The molecule has 1 aliphatic carbocycles. The number of aryl methyl sites for hydroxylation is 1. The minimum Gasteiger partial charge on any atom is -0.465 e. The Hall–Kier alpha value is -3.10. The van der Waals surface area contributed by atoms with Crippen molar-refractivity contribution < 1.29 is 19.8 Å². The van der Waals surface area contributed by atoms with Crippen molar-refractivity contribution in [3.63, 3.8) is 0 Å². The fourth-order valence-corrected chi connectivity index (χ4v) is 5.84. The third-order valence-corrected chi connectivity index (χ3v) is 8.17. The highest BCUT2D eigenvalue weighted by Gasteiger charge is 2.30. The summed E-state index contributed by atoms with van der Waals surface area (Å²) in [4.78, 5) is 30.3. The van der Waals surface area contributed by atoms with E-state index in [1.165, 1.54) is 10.5 Å². The Morgan fingerprint density at radius 2 is 1.84 bits per heavy atom. The van der Waals surface area contributed by atoms with E-state index in [4.69, 9.17) is 0 Å². The summed E-state index contributed by atoms with van der Waals surface area (Å²) in [6.07, 6.45) is 3.47. The standard InChI is InChI=1S/C30H42N4O4/c1-21-17-28(12-9-25(21)20-33-14-15-34(30(37)38)22(2)19-33)32(3)29(36)24-7-10-26(11-8-24)31-27-6-4-5-23(18-27)13-16-35/h4-6,9,12,17-18,22,24,26,31,35H,7-8,10-11,13-16,19-20H2,1-3H3,(H,37,38)/t22-,24?,26?/m0/s1. The molecule has 1 saturated heterocycles. The number of nitrogens with zero attached hydrogens (tertiary/aromatic N) is 3. The van der Waals surface area contributed by atoms with Crippen LogP contribution in [-0.4, -0.2) is 77.4 Å². The summed E-state index contributed by atoms with van der Waals surface area (Å²) in [7, 11) is 1.88. The number of benzene rings is 2. The molecule has 0 bridgehead atoms. The Labute approximate surface area is 226 Å². The monoisotopic (exact) mass is 522 g/mol. The summed E-state index contributed by atoms with van der Waals surface area (Å²) in [6, 6.07) is 14.8. The minimum atomic E-state index is -0.848. The largest absolute Gasteiger partial charge is 0.465 e. The third kappa shape index (κ3) is 6.85. The molecule has 2 fully saturated rings. The average Bonchev–Trinajstić information content (AvgIpc) is 2.90. The summed E-state index contributed by atoms with van der Waals surface area (Å²) in [5, 5.41) is 22.1. The lowest BCUT2D eigenvalue weighted by Crippen LogP contribution is -2.53. The van der Waals surface area contributed by atoms with Crippen molar-refractivity contribution in [2.24, 2.45) is 5.92 Å². The van der Waals surface area contributed by atoms with Crippen LogP contribution in [0.5, 0.6) is 0 Å². The van der Waals surface area contributed by atoms with Gasteiger partial charge in [-0.3, -0.25) is 9.69 Å². The van der Waals surface area contributed by atoms with Gasteiger partial charge in [-0.1, -0.05) is 18.2 Å². The molecule has 1 heterocycles. The number of carbonyl (C=O) groups excluding carboxylic acids is 1. The van der Waals surface area contributed by atoms with Crippen LogP contribution in [0.2, 0.25) is 0 Å². The van der Waals surface area contributed by atoms with E-state index in [2.05, 4.69) is 41.4 Å². The van der Waals surface area contributed by atoms with Gasteiger partial charge in [0.2, 0.25) is 5.91 Å². The number of hydrogen-bond acceptors (Lipinski definition) is 5. The first kappa shape index (κ1) is 27.9. The molecule has 0 unspecified atom stereocenters. The van der Waals surface area contributed by atoms with Crippen LogP contribution in [0.4, 0.5) is 16.2 Å². The number of piperazine rings is 1. The number of carbonyl (C=O) groups is 2. The zero-order chi connectivity index (χ0) is 27.2. The molecule has 38 heavy (non-hydrogen) atoms. The molecule has 3 N–H and O–H groups in total. The summed E-state index contributed by atoms with van der Waals surface area (Å²) >= 11 is 0. The Kier molecular flexibility index (Phi) is 9.28. The Morgan fingerprint density at radius 1 is 1.08 bits per heavy atom.